The molecule has 0 aliphatic heterocycles. The summed E-state index contributed by atoms with van der Waals surface area (Å²) in [6.45, 7) is 2.12. The molecule has 1 aromatic carbocycles. The van der Waals surface area contributed by atoms with E-state index in [1.54, 1.807) is 18.2 Å². The van der Waals surface area contributed by atoms with Gasteiger partial charge >= 0.3 is 5.97 Å². The molecule has 3 atom stereocenters. The van der Waals surface area contributed by atoms with Gasteiger partial charge < -0.3 is 24.6 Å². The van der Waals surface area contributed by atoms with E-state index >= 15 is 0 Å². The number of carboxylic acid groups (broad SMARTS) is 1. The van der Waals surface area contributed by atoms with Gasteiger partial charge in [-0.25, -0.2) is 0 Å². The van der Waals surface area contributed by atoms with Crippen molar-refractivity contribution in [3.63, 3.8) is 0 Å². The summed E-state index contributed by atoms with van der Waals surface area (Å²) in [5.41, 5.74) is 0.634. The van der Waals surface area contributed by atoms with E-state index in [1.807, 2.05) is 0 Å². The van der Waals surface area contributed by atoms with Crippen molar-refractivity contribution in [1.82, 2.24) is 5.32 Å². The first-order chi connectivity index (χ1) is 12.9. The fraction of sp³-hybridized carbons (Fsp3) is 0.600. The molecule has 0 aromatic heterocycles. The molecule has 27 heavy (non-hydrogen) atoms. The largest absolute Gasteiger partial charge is 0.493 e. The Bertz CT molecular complexity index is 647. The molecule has 1 aromatic rings. The number of rotatable bonds is 9. The molecule has 0 unspecified atom stereocenters. The number of amides is 1. The second-order valence-corrected chi connectivity index (χ2v) is 7.04. The third-order valence-electron chi connectivity index (χ3n) is 4.86. The molecule has 2 N–H and O–H groups in total. The van der Waals surface area contributed by atoms with E-state index in [-0.39, 0.29) is 25.0 Å². The number of carbonyl (C=O) groups is 2. The summed E-state index contributed by atoms with van der Waals surface area (Å²) in [6, 6.07) is 4.41. The van der Waals surface area contributed by atoms with Crippen molar-refractivity contribution in [2.75, 3.05) is 20.8 Å². The maximum Gasteiger partial charge on any atom is 0.305 e. The van der Waals surface area contributed by atoms with Crippen molar-refractivity contribution in [1.29, 1.82) is 0 Å². The fourth-order valence-electron chi connectivity index (χ4n) is 3.46. The molecule has 150 valence electrons. The molecular formula is C20H29NO6. The summed E-state index contributed by atoms with van der Waals surface area (Å²) in [5, 5.41) is 12.0. The average molecular weight is 379 g/mol. The Morgan fingerprint density at radius 1 is 1.22 bits per heavy atom. The van der Waals surface area contributed by atoms with Gasteiger partial charge in [0, 0.05) is 0 Å². The highest BCUT2D eigenvalue weighted by Crippen LogP contribution is 2.31. The number of ether oxygens (including phenoxy) is 3. The molecule has 1 saturated carbocycles. The number of methoxy groups -OCH3 is 2. The van der Waals surface area contributed by atoms with Crippen LogP contribution >= 0.6 is 0 Å². The van der Waals surface area contributed by atoms with Crippen LogP contribution in [0.5, 0.6) is 11.5 Å². The third kappa shape index (κ3) is 6.43. The van der Waals surface area contributed by atoms with Crippen LogP contribution in [-0.2, 0) is 14.3 Å². The predicted octanol–water partition coefficient (Wildman–Crippen LogP) is 2.93. The molecule has 1 fully saturated rings. The molecule has 0 bridgehead atoms. The van der Waals surface area contributed by atoms with E-state index in [9.17, 15) is 14.7 Å². The average Bonchev–Trinajstić information content (AvgIpc) is 2.65. The lowest BCUT2D eigenvalue weighted by Gasteiger charge is -2.27. The summed E-state index contributed by atoms with van der Waals surface area (Å²) in [4.78, 5) is 23.6. The van der Waals surface area contributed by atoms with Crippen LogP contribution in [0.2, 0.25) is 0 Å². The molecule has 1 amide bonds. The van der Waals surface area contributed by atoms with Crippen molar-refractivity contribution < 1.29 is 28.9 Å². The first-order valence-corrected chi connectivity index (χ1v) is 9.27. The standard InChI is InChI=1S/C20H29NO6/c1-13-5-4-6-15(9-13)27-12-19(22)21-16(11-20(23)24)14-7-8-17(25-2)18(10-14)26-3/h7-8,10,13,15-16H,4-6,9,11-12H2,1-3H3,(H,21,22)(H,23,24)/t13-,15-,16+/m1/s1. The third-order valence-corrected chi connectivity index (χ3v) is 4.86. The number of hydrogen-bond acceptors (Lipinski definition) is 5. The van der Waals surface area contributed by atoms with Gasteiger partial charge in [-0.3, -0.25) is 9.59 Å². The number of nitrogens with one attached hydrogen (secondary N) is 1. The second kappa shape index (κ2) is 10.2. The minimum Gasteiger partial charge on any atom is -0.493 e. The molecule has 2 rings (SSSR count). The van der Waals surface area contributed by atoms with E-state index in [1.165, 1.54) is 20.6 Å². The van der Waals surface area contributed by atoms with Crippen molar-refractivity contribution in [3.05, 3.63) is 23.8 Å². The van der Waals surface area contributed by atoms with E-state index in [4.69, 9.17) is 14.2 Å². The predicted molar refractivity (Wildman–Crippen MR) is 100 cm³/mol. The minimum absolute atomic E-state index is 0.0687. The van der Waals surface area contributed by atoms with Crippen LogP contribution in [0.3, 0.4) is 0 Å². The summed E-state index contributed by atoms with van der Waals surface area (Å²) in [7, 11) is 3.03. The smallest absolute Gasteiger partial charge is 0.305 e. The van der Waals surface area contributed by atoms with Gasteiger partial charge in [-0.05, 0) is 36.5 Å². The van der Waals surface area contributed by atoms with Gasteiger partial charge in [0.15, 0.2) is 11.5 Å². The number of benzene rings is 1. The topological polar surface area (TPSA) is 94.1 Å². The molecular weight excluding hydrogens is 350 g/mol. The van der Waals surface area contributed by atoms with E-state index in [0.29, 0.717) is 23.0 Å². The zero-order chi connectivity index (χ0) is 19.8. The molecule has 0 heterocycles. The highest BCUT2D eigenvalue weighted by Gasteiger charge is 2.23. The second-order valence-electron chi connectivity index (χ2n) is 7.04. The quantitative estimate of drug-likeness (QED) is 0.685. The van der Waals surface area contributed by atoms with Crippen molar-refractivity contribution in [2.24, 2.45) is 5.92 Å². The molecule has 7 nitrogen and oxygen atoms in total. The van der Waals surface area contributed by atoms with Gasteiger partial charge in [-0.1, -0.05) is 25.8 Å². The Balaban J connectivity index is 2.01. The molecule has 1 aliphatic carbocycles. The highest BCUT2D eigenvalue weighted by atomic mass is 16.5. The maximum absolute atomic E-state index is 12.3. The van der Waals surface area contributed by atoms with Gasteiger partial charge in [0.25, 0.3) is 0 Å². The first-order valence-electron chi connectivity index (χ1n) is 9.27. The number of carboxylic acids is 1. The summed E-state index contributed by atoms with van der Waals surface area (Å²) >= 11 is 0. The van der Waals surface area contributed by atoms with Crippen LogP contribution in [0.1, 0.15) is 50.6 Å². The summed E-state index contributed by atoms with van der Waals surface area (Å²) < 4.78 is 16.2. The summed E-state index contributed by atoms with van der Waals surface area (Å²) in [5.74, 6) is 0.299. The highest BCUT2D eigenvalue weighted by molar-refractivity contribution is 5.79. The SMILES string of the molecule is COc1ccc([C@H](CC(=O)O)NC(=O)CO[C@@H]2CCC[C@@H](C)C2)cc1OC. The first kappa shape index (κ1) is 21.0. The Morgan fingerprint density at radius 3 is 2.59 bits per heavy atom. The van der Waals surface area contributed by atoms with Gasteiger partial charge in [-0.15, -0.1) is 0 Å². The van der Waals surface area contributed by atoms with Crippen molar-refractivity contribution in [2.45, 2.75) is 51.2 Å². The number of aliphatic carboxylic acids is 1. The Labute approximate surface area is 160 Å². The van der Waals surface area contributed by atoms with Crippen LogP contribution < -0.4 is 14.8 Å². The monoisotopic (exact) mass is 379 g/mol. The van der Waals surface area contributed by atoms with Crippen LogP contribution in [-0.4, -0.2) is 43.9 Å². The Hall–Kier alpha value is -2.28. The number of hydrogen-bond donors (Lipinski definition) is 2. The number of carbonyl (C=O) groups excluding carboxylic acids is 1. The van der Waals surface area contributed by atoms with Crippen LogP contribution in [0, 0.1) is 5.92 Å². The van der Waals surface area contributed by atoms with Gasteiger partial charge in [0.1, 0.15) is 6.61 Å². The zero-order valence-corrected chi connectivity index (χ0v) is 16.2. The van der Waals surface area contributed by atoms with Crippen molar-refractivity contribution in [3.8, 4) is 11.5 Å². The molecule has 0 spiro atoms. The lowest BCUT2D eigenvalue weighted by molar-refractivity contribution is -0.138. The molecule has 7 heteroatoms. The molecule has 0 saturated heterocycles. The normalized spacial score (nSPS) is 20.6. The Kier molecular flexibility index (Phi) is 7.91. The van der Waals surface area contributed by atoms with Crippen LogP contribution in [0.25, 0.3) is 0 Å². The van der Waals surface area contributed by atoms with Crippen molar-refractivity contribution >= 4 is 11.9 Å². The molecule has 1 aliphatic rings. The van der Waals surface area contributed by atoms with E-state index in [0.717, 1.165) is 19.3 Å². The maximum atomic E-state index is 12.3. The van der Waals surface area contributed by atoms with E-state index < -0.39 is 12.0 Å². The molecule has 0 radical (unpaired) electrons. The van der Waals surface area contributed by atoms with Gasteiger partial charge in [0.2, 0.25) is 5.91 Å². The van der Waals surface area contributed by atoms with Gasteiger partial charge in [0.05, 0.1) is 32.8 Å². The summed E-state index contributed by atoms with van der Waals surface area (Å²) in [6.07, 6.45) is 4.10. The van der Waals surface area contributed by atoms with Crippen LogP contribution in [0.4, 0.5) is 0 Å². The van der Waals surface area contributed by atoms with Crippen LogP contribution in [0.15, 0.2) is 18.2 Å². The lowest BCUT2D eigenvalue weighted by atomic mass is 9.89. The Morgan fingerprint density at radius 2 is 1.96 bits per heavy atom. The van der Waals surface area contributed by atoms with E-state index in [2.05, 4.69) is 12.2 Å². The fourth-order valence-corrected chi connectivity index (χ4v) is 3.46. The zero-order valence-electron chi connectivity index (χ0n) is 16.2. The van der Waals surface area contributed by atoms with Gasteiger partial charge in [-0.2, -0.15) is 0 Å². The lowest BCUT2D eigenvalue weighted by Crippen LogP contribution is -2.35. The minimum atomic E-state index is -1.00.